The van der Waals surface area contributed by atoms with E-state index in [1.165, 1.54) is 18.4 Å². The third-order valence-electron chi connectivity index (χ3n) is 3.81. The van der Waals surface area contributed by atoms with Crippen molar-refractivity contribution in [2.24, 2.45) is 4.99 Å². The standard InChI is InChI=1S/C18H17N3O4S/c1-4-5-6-11-10(2)19-7-12(11)15(22)17-21-14(9-26-17)16-20-13(8-25-16)18(23)24-3/h4-7,9,13,19H,1,8H2,2-3H3/b6-5-/t13-/m0/s1. The summed E-state index contributed by atoms with van der Waals surface area (Å²) in [6, 6.07) is -0.696. The van der Waals surface area contributed by atoms with E-state index in [-0.39, 0.29) is 18.3 Å². The van der Waals surface area contributed by atoms with E-state index >= 15 is 0 Å². The van der Waals surface area contributed by atoms with E-state index in [9.17, 15) is 9.59 Å². The first-order valence-electron chi connectivity index (χ1n) is 7.81. The molecule has 0 saturated heterocycles. The third kappa shape index (κ3) is 3.36. The van der Waals surface area contributed by atoms with E-state index < -0.39 is 12.0 Å². The van der Waals surface area contributed by atoms with Gasteiger partial charge < -0.3 is 14.5 Å². The summed E-state index contributed by atoms with van der Waals surface area (Å²) in [5, 5.41) is 2.00. The Kier molecular flexibility index (Phi) is 5.13. The number of carbonyl (C=O) groups is 2. The molecule has 1 aliphatic rings. The fourth-order valence-corrected chi connectivity index (χ4v) is 3.21. The molecule has 134 valence electrons. The van der Waals surface area contributed by atoms with Gasteiger partial charge in [0.15, 0.2) is 11.0 Å². The molecule has 1 atom stereocenters. The van der Waals surface area contributed by atoms with Gasteiger partial charge in [0.05, 0.1) is 12.7 Å². The van der Waals surface area contributed by atoms with Gasteiger partial charge in [-0.25, -0.2) is 14.8 Å². The fraction of sp³-hybridized carbons (Fsp3) is 0.222. The molecule has 0 unspecified atom stereocenters. The van der Waals surface area contributed by atoms with Crippen molar-refractivity contribution in [1.82, 2.24) is 9.97 Å². The second-order valence-corrected chi connectivity index (χ2v) is 6.35. The van der Waals surface area contributed by atoms with E-state index in [4.69, 9.17) is 4.74 Å². The highest BCUT2D eigenvalue weighted by molar-refractivity contribution is 7.12. The number of aliphatic imine (C=N–C) groups is 1. The Balaban J connectivity index is 1.85. The molecule has 0 saturated carbocycles. The van der Waals surface area contributed by atoms with Gasteiger partial charge in [-0.2, -0.15) is 0 Å². The van der Waals surface area contributed by atoms with Crippen molar-refractivity contribution < 1.29 is 19.1 Å². The summed E-state index contributed by atoms with van der Waals surface area (Å²) < 4.78 is 10.1. The lowest BCUT2D eigenvalue weighted by Crippen LogP contribution is -2.21. The molecule has 2 aromatic heterocycles. The lowest BCUT2D eigenvalue weighted by molar-refractivity contribution is -0.142. The van der Waals surface area contributed by atoms with Crippen molar-refractivity contribution in [2.45, 2.75) is 13.0 Å². The van der Waals surface area contributed by atoms with Gasteiger partial charge in [0.25, 0.3) is 0 Å². The Bertz CT molecular complexity index is 923. The van der Waals surface area contributed by atoms with Gasteiger partial charge >= 0.3 is 5.97 Å². The molecule has 0 fully saturated rings. The number of aromatic amines is 1. The van der Waals surface area contributed by atoms with Crippen LogP contribution in [0.2, 0.25) is 0 Å². The van der Waals surface area contributed by atoms with Crippen LogP contribution in [0.15, 0.2) is 35.3 Å². The van der Waals surface area contributed by atoms with Gasteiger partial charge in [0.2, 0.25) is 11.7 Å². The van der Waals surface area contributed by atoms with Crippen LogP contribution in [0.4, 0.5) is 0 Å². The summed E-state index contributed by atoms with van der Waals surface area (Å²) in [6.07, 6.45) is 6.91. The second kappa shape index (κ2) is 7.49. The Morgan fingerprint density at radius 2 is 2.31 bits per heavy atom. The number of rotatable bonds is 6. The zero-order valence-corrected chi connectivity index (χ0v) is 15.1. The summed E-state index contributed by atoms with van der Waals surface area (Å²) in [4.78, 5) is 35.9. The van der Waals surface area contributed by atoms with E-state index in [1.807, 2.05) is 13.0 Å². The second-order valence-electron chi connectivity index (χ2n) is 5.49. The van der Waals surface area contributed by atoms with Crippen molar-refractivity contribution in [3.05, 3.63) is 57.8 Å². The molecular weight excluding hydrogens is 354 g/mol. The molecule has 0 amide bonds. The van der Waals surface area contributed by atoms with Gasteiger partial charge in [-0.3, -0.25) is 4.79 Å². The van der Waals surface area contributed by atoms with Crippen molar-refractivity contribution in [3.8, 4) is 0 Å². The number of nitrogens with one attached hydrogen (secondary N) is 1. The summed E-state index contributed by atoms with van der Waals surface area (Å²) in [7, 11) is 1.30. The number of hydrogen-bond donors (Lipinski definition) is 1. The van der Waals surface area contributed by atoms with Crippen LogP contribution in [0.5, 0.6) is 0 Å². The molecule has 26 heavy (non-hydrogen) atoms. The van der Waals surface area contributed by atoms with E-state index in [1.54, 1.807) is 23.7 Å². The lowest BCUT2D eigenvalue weighted by Gasteiger charge is -2.00. The SMILES string of the molecule is C=C/C=C\c1c(C(=O)c2nc(C3=N[C@H](C(=O)OC)CO3)cs2)c[nH]c1C. The molecule has 0 spiro atoms. The molecule has 7 nitrogen and oxygen atoms in total. The molecular formula is C18H17N3O4S. The number of carbonyl (C=O) groups excluding carboxylic acids is 2. The normalized spacial score (nSPS) is 16.4. The van der Waals surface area contributed by atoms with Crippen LogP contribution in [0.25, 0.3) is 6.08 Å². The summed E-state index contributed by atoms with van der Waals surface area (Å²) >= 11 is 1.20. The zero-order chi connectivity index (χ0) is 18.7. The number of aryl methyl sites for hydroxylation is 1. The van der Waals surface area contributed by atoms with Crippen LogP contribution in [-0.2, 0) is 14.3 Å². The van der Waals surface area contributed by atoms with E-state index in [0.717, 1.165) is 11.3 Å². The Labute approximate surface area is 154 Å². The highest BCUT2D eigenvalue weighted by Crippen LogP contribution is 2.23. The first-order chi connectivity index (χ1) is 12.5. The van der Waals surface area contributed by atoms with Crippen LogP contribution < -0.4 is 0 Å². The molecule has 0 aliphatic carbocycles. The Hall–Kier alpha value is -3.00. The Morgan fingerprint density at radius 1 is 1.50 bits per heavy atom. The van der Waals surface area contributed by atoms with Gasteiger partial charge in [0.1, 0.15) is 12.3 Å². The average Bonchev–Trinajstić information content (AvgIpc) is 3.38. The van der Waals surface area contributed by atoms with Crippen LogP contribution in [0.1, 0.15) is 32.3 Å². The van der Waals surface area contributed by atoms with Crippen LogP contribution in [0, 0.1) is 6.92 Å². The molecule has 3 heterocycles. The van der Waals surface area contributed by atoms with Crippen LogP contribution >= 0.6 is 11.3 Å². The van der Waals surface area contributed by atoms with Gasteiger partial charge in [-0.05, 0) is 6.92 Å². The van der Waals surface area contributed by atoms with Gasteiger partial charge in [-0.15, -0.1) is 11.3 Å². The average molecular weight is 371 g/mol. The minimum absolute atomic E-state index is 0.107. The van der Waals surface area contributed by atoms with Crippen LogP contribution in [-0.4, -0.2) is 47.4 Å². The number of methoxy groups -OCH3 is 1. The molecule has 0 aromatic carbocycles. The number of H-pyrrole nitrogens is 1. The predicted octanol–water partition coefficient (Wildman–Crippen LogP) is 2.53. The topological polar surface area (TPSA) is 93.6 Å². The Morgan fingerprint density at radius 3 is 3.04 bits per heavy atom. The molecule has 0 radical (unpaired) electrons. The molecule has 0 bridgehead atoms. The van der Waals surface area contributed by atoms with Crippen molar-refractivity contribution in [3.63, 3.8) is 0 Å². The smallest absolute Gasteiger partial charge is 0.334 e. The molecule has 3 rings (SSSR count). The van der Waals surface area contributed by atoms with Crippen molar-refractivity contribution in [2.75, 3.05) is 13.7 Å². The third-order valence-corrected chi connectivity index (χ3v) is 4.65. The summed E-state index contributed by atoms with van der Waals surface area (Å²) in [5.74, 6) is -0.418. The number of ketones is 1. The maximum Gasteiger partial charge on any atom is 0.334 e. The first-order valence-corrected chi connectivity index (χ1v) is 8.69. The molecule has 2 aromatic rings. The zero-order valence-electron chi connectivity index (χ0n) is 14.3. The molecule has 1 aliphatic heterocycles. The number of thiazole rings is 1. The maximum atomic E-state index is 12.8. The largest absolute Gasteiger partial charge is 0.473 e. The molecule has 8 heteroatoms. The number of ether oxygens (including phenoxy) is 2. The first kappa shape index (κ1) is 17.8. The highest BCUT2D eigenvalue weighted by Gasteiger charge is 2.29. The lowest BCUT2D eigenvalue weighted by atomic mass is 10.1. The fourth-order valence-electron chi connectivity index (χ4n) is 2.47. The monoisotopic (exact) mass is 371 g/mol. The van der Waals surface area contributed by atoms with Gasteiger partial charge in [0, 0.05) is 22.8 Å². The minimum atomic E-state index is -0.696. The van der Waals surface area contributed by atoms with Crippen molar-refractivity contribution in [1.29, 1.82) is 0 Å². The van der Waals surface area contributed by atoms with E-state index in [0.29, 0.717) is 16.3 Å². The van der Waals surface area contributed by atoms with Crippen molar-refractivity contribution >= 4 is 35.1 Å². The summed E-state index contributed by atoms with van der Waals surface area (Å²) in [5.41, 5.74) is 2.64. The maximum absolute atomic E-state index is 12.8. The highest BCUT2D eigenvalue weighted by atomic mass is 32.1. The quantitative estimate of drug-likeness (QED) is 0.478. The van der Waals surface area contributed by atoms with Crippen LogP contribution in [0.3, 0.4) is 0 Å². The number of nitrogens with zero attached hydrogens (tertiary/aromatic N) is 2. The van der Waals surface area contributed by atoms with Gasteiger partial charge in [-0.1, -0.05) is 24.8 Å². The number of aromatic nitrogens is 2. The predicted molar refractivity (Wildman–Crippen MR) is 98.6 cm³/mol. The number of hydrogen-bond acceptors (Lipinski definition) is 7. The summed E-state index contributed by atoms with van der Waals surface area (Å²) in [6.45, 7) is 5.64. The molecule has 1 N–H and O–H groups in total. The number of allylic oxidation sites excluding steroid dienone is 2. The van der Waals surface area contributed by atoms with E-state index in [2.05, 4.69) is 26.3 Å². The number of esters is 1. The minimum Gasteiger partial charge on any atom is -0.473 e.